The topological polar surface area (TPSA) is 75.8 Å². The summed E-state index contributed by atoms with van der Waals surface area (Å²) >= 11 is 0. The van der Waals surface area contributed by atoms with E-state index in [2.05, 4.69) is 22.0 Å². The zero-order valence-corrected chi connectivity index (χ0v) is 11.6. The maximum absolute atomic E-state index is 8.74. The fourth-order valence-electron chi connectivity index (χ4n) is 1.97. The summed E-state index contributed by atoms with van der Waals surface area (Å²) < 4.78 is 5.67. The van der Waals surface area contributed by atoms with Crippen LogP contribution >= 0.6 is 0 Å². The molecule has 2 aromatic rings. The van der Waals surface area contributed by atoms with Gasteiger partial charge in [0.25, 0.3) is 0 Å². The Labute approximate surface area is 124 Å². The van der Waals surface area contributed by atoms with Gasteiger partial charge in [0.05, 0.1) is 36.4 Å². The summed E-state index contributed by atoms with van der Waals surface area (Å²) in [4.78, 5) is 5.11. The normalized spacial score (nSPS) is 9.62. The number of nitriles is 2. The Hall–Kier alpha value is -2.92. The van der Waals surface area contributed by atoms with Crippen molar-refractivity contribution < 1.29 is 4.74 Å². The van der Waals surface area contributed by atoms with Crippen molar-refractivity contribution in [2.45, 2.75) is 6.42 Å². The largest absolute Gasteiger partial charge is 0.492 e. The molecular formula is C16H16N4O. The predicted molar refractivity (Wildman–Crippen MR) is 79.9 cm³/mol. The molecule has 2 rings (SSSR count). The minimum Gasteiger partial charge on any atom is -0.492 e. The molecule has 21 heavy (non-hydrogen) atoms. The van der Waals surface area contributed by atoms with E-state index < -0.39 is 0 Å². The van der Waals surface area contributed by atoms with Crippen molar-refractivity contribution in [2.75, 3.05) is 24.6 Å². The summed E-state index contributed by atoms with van der Waals surface area (Å²) in [6.07, 6.45) is 4.23. The molecule has 0 radical (unpaired) electrons. The molecule has 0 bridgehead atoms. The van der Waals surface area contributed by atoms with Crippen molar-refractivity contribution in [1.29, 1.82) is 10.5 Å². The first-order valence-corrected chi connectivity index (χ1v) is 6.71. The van der Waals surface area contributed by atoms with E-state index in [1.807, 2.05) is 18.5 Å². The lowest BCUT2D eigenvalue weighted by molar-refractivity contribution is 0.324. The van der Waals surface area contributed by atoms with Gasteiger partial charge in [-0.05, 0) is 30.3 Å². The van der Waals surface area contributed by atoms with E-state index in [0.29, 0.717) is 31.7 Å². The van der Waals surface area contributed by atoms with Crippen LogP contribution in [0.4, 0.5) is 5.69 Å². The third-order valence-corrected chi connectivity index (χ3v) is 3.05. The van der Waals surface area contributed by atoms with E-state index in [1.165, 1.54) is 0 Å². The van der Waals surface area contributed by atoms with Crippen LogP contribution in [0.3, 0.4) is 0 Å². The lowest BCUT2D eigenvalue weighted by Crippen LogP contribution is -2.28. The first-order chi connectivity index (χ1) is 10.3. The molecule has 0 amide bonds. The van der Waals surface area contributed by atoms with Crippen molar-refractivity contribution in [3.8, 4) is 17.9 Å². The molecule has 0 unspecified atom stereocenters. The summed E-state index contributed by atoms with van der Waals surface area (Å²) in [6, 6.07) is 13.2. The van der Waals surface area contributed by atoms with Crippen molar-refractivity contribution >= 4 is 5.69 Å². The van der Waals surface area contributed by atoms with Crippen LogP contribution in [0.2, 0.25) is 0 Å². The van der Waals surface area contributed by atoms with Crippen LogP contribution in [0.1, 0.15) is 12.0 Å². The fraction of sp³-hybridized carbons (Fsp3) is 0.250. The van der Waals surface area contributed by atoms with E-state index in [-0.39, 0.29) is 0 Å². The van der Waals surface area contributed by atoms with Gasteiger partial charge in [-0.3, -0.25) is 0 Å². The van der Waals surface area contributed by atoms with Crippen LogP contribution in [0.25, 0.3) is 0 Å². The number of ether oxygens (including phenoxy) is 1. The number of hydrogen-bond acceptors (Lipinski definition) is 4. The van der Waals surface area contributed by atoms with Crippen molar-refractivity contribution in [1.82, 2.24) is 4.98 Å². The molecule has 0 atom stereocenters. The van der Waals surface area contributed by atoms with E-state index in [1.54, 1.807) is 24.3 Å². The van der Waals surface area contributed by atoms with Gasteiger partial charge in [0.1, 0.15) is 12.4 Å². The molecule has 0 aliphatic heterocycles. The van der Waals surface area contributed by atoms with E-state index in [4.69, 9.17) is 15.3 Å². The number of aromatic nitrogens is 1. The molecule has 1 N–H and O–H groups in total. The SMILES string of the molecule is N#CCCN(CCOc1ccc(C#N)cc1)c1cc[nH]c1. The van der Waals surface area contributed by atoms with Gasteiger partial charge in [-0.1, -0.05) is 0 Å². The van der Waals surface area contributed by atoms with Gasteiger partial charge < -0.3 is 14.6 Å². The second-order valence-electron chi connectivity index (χ2n) is 4.45. The Morgan fingerprint density at radius 3 is 2.52 bits per heavy atom. The second kappa shape index (κ2) is 7.62. The van der Waals surface area contributed by atoms with Crippen LogP contribution in [-0.2, 0) is 0 Å². The first-order valence-electron chi connectivity index (χ1n) is 6.71. The zero-order chi connectivity index (χ0) is 14.9. The number of H-pyrrole nitrogens is 1. The number of benzene rings is 1. The summed E-state index contributed by atoms with van der Waals surface area (Å²) in [5.74, 6) is 0.739. The van der Waals surface area contributed by atoms with E-state index in [0.717, 1.165) is 11.4 Å². The lowest BCUT2D eigenvalue weighted by Gasteiger charge is -2.22. The molecule has 5 nitrogen and oxygen atoms in total. The average Bonchev–Trinajstić information content (AvgIpc) is 3.05. The molecule has 106 valence electrons. The standard InChI is InChI=1S/C16H16N4O/c17-7-1-9-20(15-6-8-19-13-15)10-11-21-16-4-2-14(12-18)3-5-16/h2-6,8,13,19H,1,9-11H2. The lowest BCUT2D eigenvalue weighted by atomic mass is 10.2. The summed E-state index contributed by atoms with van der Waals surface area (Å²) in [5.41, 5.74) is 1.67. The van der Waals surface area contributed by atoms with E-state index in [9.17, 15) is 0 Å². The number of aromatic amines is 1. The van der Waals surface area contributed by atoms with Gasteiger partial charge in [-0.15, -0.1) is 0 Å². The number of anilines is 1. The van der Waals surface area contributed by atoms with Gasteiger partial charge in [0.2, 0.25) is 0 Å². The molecule has 0 fully saturated rings. The number of nitrogens with zero attached hydrogens (tertiary/aromatic N) is 3. The Bertz CT molecular complexity index is 620. The molecule has 1 aromatic heterocycles. The van der Waals surface area contributed by atoms with Crippen molar-refractivity contribution in [2.24, 2.45) is 0 Å². The number of hydrogen-bond donors (Lipinski definition) is 1. The molecule has 0 aliphatic carbocycles. The molecule has 5 heteroatoms. The highest BCUT2D eigenvalue weighted by atomic mass is 16.5. The van der Waals surface area contributed by atoms with Gasteiger partial charge in [-0.2, -0.15) is 10.5 Å². The van der Waals surface area contributed by atoms with Crippen LogP contribution in [0.5, 0.6) is 5.75 Å². The molecule has 0 aliphatic rings. The Morgan fingerprint density at radius 2 is 1.90 bits per heavy atom. The Kier molecular flexibility index (Phi) is 5.25. The Balaban J connectivity index is 1.87. The average molecular weight is 280 g/mol. The van der Waals surface area contributed by atoms with Crippen LogP contribution in [0, 0.1) is 22.7 Å². The van der Waals surface area contributed by atoms with Crippen molar-refractivity contribution in [3.63, 3.8) is 0 Å². The molecule has 0 saturated heterocycles. The quantitative estimate of drug-likeness (QED) is 0.846. The second-order valence-corrected chi connectivity index (χ2v) is 4.45. The van der Waals surface area contributed by atoms with Crippen molar-refractivity contribution in [3.05, 3.63) is 48.3 Å². The van der Waals surface area contributed by atoms with Crippen LogP contribution < -0.4 is 9.64 Å². The molecule has 1 heterocycles. The smallest absolute Gasteiger partial charge is 0.119 e. The molecule has 0 saturated carbocycles. The maximum Gasteiger partial charge on any atom is 0.119 e. The summed E-state index contributed by atoms with van der Waals surface area (Å²) in [5, 5.41) is 17.5. The number of rotatable bonds is 7. The maximum atomic E-state index is 8.74. The molecular weight excluding hydrogens is 264 g/mol. The van der Waals surface area contributed by atoms with Crippen LogP contribution in [0.15, 0.2) is 42.7 Å². The van der Waals surface area contributed by atoms with E-state index >= 15 is 0 Å². The third kappa shape index (κ3) is 4.29. The highest BCUT2D eigenvalue weighted by Crippen LogP contribution is 2.14. The van der Waals surface area contributed by atoms with Gasteiger partial charge >= 0.3 is 0 Å². The predicted octanol–water partition coefficient (Wildman–Crippen LogP) is 2.69. The molecule has 0 spiro atoms. The first kappa shape index (κ1) is 14.5. The minimum atomic E-state index is 0.474. The molecule has 1 aromatic carbocycles. The summed E-state index contributed by atoms with van der Waals surface area (Å²) in [6.45, 7) is 1.88. The van der Waals surface area contributed by atoms with Crippen LogP contribution in [-0.4, -0.2) is 24.7 Å². The summed E-state index contributed by atoms with van der Waals surface area (Å²) in [7, 11) is 0. The number of nitrogens with one attached hydrogen (secondary N) is 1. The fourth-order valence-corrected chi connectivity index (χ4v) is 1.97. The van der Waals surface area contributed by atoms with Gasteiger partial charge in [0, 0.05) is 18.9 Å². The monoisotopic (exact) mass is 280 g/mol. The van der Waals surface area contributed by atoms with Gasteiger partial charge in [0.15, 0.2) is 0 Å². The zero-order valence-electron chi connectivity index (χ0n) is 11.6. The highest BCUT2D eigenvalue weighted by Gasteiger charge is 2.06. The third-order valence-electron chi connectivity index (χ3n) is 3.05. The van der Waals surface area contributed by atoms with Gasteiger partial charge in [-0.25, -0.2) is 0 Å². The minimum absolute atomic E-state index is 0.474. The highest BCUT2D eigenvalue weighted by molar-refractivity contribution is 5.44. The Morgan fingerprint density at radius 1 is 1.10 bits per heavy atom.